The number of hydrogen-bond acceptors (Lipinski definition) is 5. The van der Waals surface area contributed by atoms with Crippen LogP contribution >= 0.6 is 0 Å². The van der Waals surface area contributed by atoms with Gasteiger partial charge in [-0.1, -0.05) is 0 Å². The zero-order chi connectivity index (χ0) is 11.3. The van der Waals surface area contributed by atoms with E-state index >= 15 is 0 Å². The van der Waals surface area contributed by atoms with E-state index in [-0.39, 0.29) is 0 Å². The first-order valence-corrected chi connectivity index (χ1v) is 3.85. The van der Waals surface area contributed by atoms with E-state index in [4.69, 9.17) is 5.73 Å². The predicted molar refractivity (Wildman–Crippen MR) is 51.6 cm³/mol. The van der Waals surface area contributed by atoms with Crippen molar-refractivity contribution in [1.82, 2.24) is 4.98 Å². The van der Waals surface area contributed by atoms with Crippen molar-refractivity contribution in [3.63, 3.8) is 0 Å². The zero-order valence-corrected chi connectivity index (χ0v) is 7.50. The molecule has 1 heterocycles. The van der Waals surface area contributed by atoms with Crippen molar-refractivity contribution in [2.75, 3.05) is 0 Å². The lowest BCUT2D eigenvalue weighted by Crippen LogP contribution is -2.08. The van der Waals surface area contributed by atoms with Crippen LogP contribution in [0.3, 0.4) is 0 Å². The van der Waals surface area contributed by atoms with Gasteiger partial charge in [-0.2, -0.15) is 4.39 Å². The summed E-state index contributed by atoms with van der Waals surface area (Å²) in [5, 5.41) is 10.1. The average Bonchev–Trinajstić information content (AvgIpc) is 2.17. The summed E-state index contributed by atoms with van der Waals surface area (Å²) in [5.41, 5.74) is 5.30. The lowest BCUT2D eigenvalue weighted by molar-refractivity contribution is -0.426. The molecular formula is C8H7FN4O2. The van der Waals surface area contributed by atoms with Crippen LogP contribution in [0.5, 0.6) is 0 Å². The highest BCUT2D eigenvalue weighted by molar-refractivity contribution is 5.74. The summed E-state index contributed by atoms with van der Waals surface area (Å²) in [4.78, 5) is 16.4. The van der Waals surface area contributed by atoms with Crippen LogP contribution in [0.15, 0.2) is 35.2 Å². The van der Waals surface area contributed by atoms with Crippen LogP contribution in [0, 0.1) is 16.1 Å². The second-order valence-electron chi connectivity index (χ2n) is 2.46. The lowest BCUT2D eigenvalue weighted by atomic mass is 10.4. The molecule has 0 fully saturated rings. The molecule has 0 saturated heterocycles. The quantitative estimate of drug-likeness (QED) is 0.348. The van der Waals surface area contributed by atoms with Gasteiger partial charge in [-0.25, -0.2) is 4.98 Å². The van der Waals surface area contributed by atoms with Gasteiger partial charge in [0.2, 0.25) is 5.95 Å². The fraction of sp³-hybridized carbons (Fsp3) is 0. The van der Waals surface area contributed by atoms with Crippen LogP contribution in [0.1, 0.15) is 0 Å². The Hall–Kier alpha value is -2.31. The highest BCUT2D eigenvalue weighted by Gasteiger charge is 1.96. The SMILES string of the molecule is NC(=CC=Nc1ccnc(F)c1)[N+](=O)[O-]. The molecule has 0 saturated carbocycles. The Bertz CT molecular complexity index is 430. The molecule has 0 radical (unpaired) electrons. The molecule has 6 nitrogen and oxygen atoms in total. The average molecular weight is 210 g/mol. The Balaban J connectivity index is 2.74. The Morgan fingerprint density at radius 2 is 2.47 bits per heavy atom. The van der Waals surface area contributed by atoms with Gasteiger partial charge < -0.3 is 10.1 Å². The van der Waals surface area contributed by atoms with E-state index in [0.717, 1.165) is 18.4 Å². The van der Waals surface area contributed by atoms with Gasteiger partial charge >= 0.3 is 5.82 Å². The van der Waals surface area contributed by atoms with Crippen molar-refractivity contribution < 1.29 is 9.31 Å². The fourth-order valence-electron chi connectivity index (χ4n) is 0.733. The molecular weight excluding hydrogens is 203 g/mol. The van der Waals surface area contributed by atoms with Crippen molar-refractivity contribution in [2.45, 2.75) is 0 Å². The molecule has 0 atom stereocenters. The largest absolute Gasteiger partial charge is 0.358 e. The van der Waals surface area contributed by atoms with Crippen molar-refractivity contribution in [1.29, 1.82) is 0 Å². The smallest absolute Gasteiger partial charge is 0.315 e. The fourth-order valence-corrected chi connectivity index (χ4v) is 0.733. The molecule has 0 aliphatic carbocycles. The van der Waals surface area contributed by atoms with Crippen molar-refractivity contribution in [3.05, 3.63) is 46.3 Å². The molecule has 0 amide bonds. The second-order valence-corrected chi connectivity index (χ2v) is 2.46. The van der Waals surface area contributed by atoms with Gasteiger partial charge in [0, 0.05) is 24.6 Å². The summed E-state index contributed by atoms with van der Waals surface area (Å²) < 4.78 is 12.5. The van der Waals surface area contributed by atoms with E-state index in [1.165, 1.54) is 12.3 Å². The molecule has 0 aliphatic rings. The molecule has 7 heteroatoms. The number of pyridine rings is 1. The third kappa shape index (κ3) is 3.51. The van der Waals surface area contributed by atoms with Crippen molar-refractivity contribution in [2.24, 2.45) is 10.7 Å². The van der Waals surface area contributed by atoms with Gasteiger partial charge in [0.1, 0.15) is 0 Å². The van der Waals surface area contributed by atoms with Crippen LogP contribution in [0.2, 0.25) is 0 Å². The third-order valence-electron chi connectivity index (χ3n) is 1.39. The molecule has 1 rings (SSSR count). The van der Waals surface area contributed by atoms with Crippen LogP contribution in [0.4, 0.5) is 10.1 Å². The number of nitrogens with zero attached hydrogens (tertiary/aromatic N) is 3. The lowest BCUT2D eigenvalue weighted by Gasteiger charge is -1.91. The van der Waals surface area contributed by atoms with Gasteiger partial charge in [-0.3, -0.25) is 10.7 Å². The maximum Gasteiger partial charge on any atom is 0.315 e. The minimum atomic E-state index is -0.751. The van der Waals surface area contributed by atoms with Gasteiger partial charge in [0.05, 0.1) is 5.69 Å². The Morgan fingerprint density at radius 1 is 1.73 bits per heavy atom. The topological polar surface area (TPSA) is 94.4 Å². The van der Waals surface area contributed by atoms with Crippen LogP contribution in [-0.2, 0) is 0 Å². The van der Waals surface area contributed by atoms with Crippen molar-refractivity contribution in [3.8, 4) is 0 Å². The summed E-state index contributed by atoms with van der Waals surface area (Å²) in [5.74, 6) is -1.20. The van der Waals surface area contributed by atoms with Gasteiger partial charge in [-0.15, -0.1) is 0 Å². The number of nitrogens with two attached hydrogens (primary N) is 1. The molecule has 0 aromatic carbocycles. The monoisotopic (exact) mass is 210 g/mol. The summed E-state index contributed by atoms with van der Waals surface area (Å²) in [6, 6.07) is 2.54. The van der Waals surface area contributed by atoms with E-state index in [1.807, 2.05) is 0 Å². The van der Waals surface area contributed by atoms with Crippen molar-refractivity contribution >= 4 is 11.9 Å². The molecule has 2 N–H and O–H groups in total. The molecule has 15 heavy (non-hydrogen) atoms. The standard InChI is InChI=1S/C8H7FN4O2/c9-7-5-6(1-3-12-7)11-4-2-8(10)13(14)15/h1-5H,10H2. The maximum absolute atomic E-state index is 12.5. The molecule has 1 aromatic rings. The summed E-state index contributed by atoms with van der Waals surface area (Å²) in [6.45, 7) is 0. The molecule has 0 unspecified atom stereocenters. The summed E-state index contributed by atoms with van der Waals surface area (Å²) >= 11 is 0. The van der Waals surface area contributed by atoms with E-state index in [1.54, 1.807) is 0 Å². The minimum Gasteiger partial charge on any atom is -0.358 e. The minimum absolute atomic E-state index is 0.301. The number of halogens is 1. The number of nitro groups is 1. The zero-order valence-electron chi connectivity index (χ0n) is 7.50. The number of aliphatic imine (C=N–C) groups is 1. The van der Waals surface area contributed by atoms with E-state index in [2.05, 4.69) is 9.98 Å². The summed E-state index contributed by atoms with van der Waals surface area (Å²) in [7, 11) is 0. The number of rotatable bonds is 3. The maximum atomic E-state index is 12.5. The van der Waals surface area contributed by atoms with Gasteiger partial charge in [0.15, 0.2) is 0 Å². The van der Waals surface area contributed by atoms with Crippen LogP contribution in [0.25, 0.3) is 0 Å². The Kier molecular flexibility index (Phi) is 3.44. The van der Waals surface area contributed by atoms with E-state index in [9.17, 15) is 14.5 Å². The van der Waals surface area contributed by atoms with Gasteiger partial charge in [0.25, 0.3) is 0 Å². The third-order valence-corrected chi connectivity index (χ3v) is 1.39. The summed E-state index contributed by atoms with van der Waals surface area (Å²) in [6.07, 6.45) is 3.37. The first-order valence-electron chi connectivity index (χ1n) is 3.85. The first kappa shape index (κ1) is 10.8. The second kappa shape index (κ2) is 4.80. The highest BCUT2D eigenvalue weighted by atomic mass is 19.1. The molecule has 78 valence electrons. The predicted octanol–water partition coefficient (Wildman–Crippen LogP) is 1.000. The number of hydrogen-bond donors (Lipinski definition) is 1. The highest BCUT2D eigenvalue weighted by Crippen LogP contribution is 2.09. The first-order chi connectivity index (χ1) is 7.09. The van der Waals surface area contributed by atoms with Crippen LogP contribution < -0.4 is 5.73 Å². The van der Waals surface area contributed by atoms with Crippen LogP contribution in [-0.4, -0.2) is 16.1 Å². The van der Waals surface area contributed by atoms with E-state index < -0.39 is 16.7 Å². The van der Waals surface area contributed by atoms with E-state index in [0.29, 0.717) is 5.69 Å². The van der Waals surface area contributed by atoms with Gasteiger partial charge in [-0.05, 0) is 11.0 Å². The normalized spacial score (nSPS) is 11.9. The molecule has 0 bridgehead atoms. The Labute approximate surface area is 84.1 Å². The Morgan fingerprint density at radius 3 is 3.07 bits per heavy atom. The molecule has 0 spiro atoms. The molecule has 0 aliphatic heterocycles. The number of allylic oxidation sites excluding steroid dienone is 1. The molecule has 1 aromatic heterocycles. The number of aromatic nitrogens is 1.